The molecule has 0 saturated carbocycles. The fourth-order valence-corrected chi connectivity index (χ4v) is 4.06. The smallest absolute Gasteiger partial charge is 0.129 e. The maximum atomic E-state index is 11.1. The minimum Gasteiger partial charge on any atom is -0.492 e. The van der Waals surface area contributed by atoms with Crippen molar-refractivity contribution in [2.24, 2.45) is 0 Å². The number of thiophene rings is 1. The van der Waals surface area contributed by atoms with Gasteiger partial charge in [0.1, 0.15) is 11.9 Å². The van der Waals surface area contributed by atoms with Gasteiger partial charge in [0.15, 0.2) is 0 Å². The van der Waals surface area contributed by atoms with Gasteiger partial charge in [-0.15, -0.1) is 11.3 Å². The van der Waals surface area contributed by atoms with Gasteiger partial charge in [-0.05, 0) is 41.8 Å². The molecule has 1 N–H and O–H groups in total. The number of aliphatic hydroxyl groups excluding tert-OH is 1. The molecule has 0 aliphatic carbocycles. The Morgan fingerprint density at radius 2 is 2.00 bits per heavy atom. The predicted molar refractivity (Wildman–Crippen MR) is 101 cm³/mol. The van der Waals surface area contributed by atoms with Crippen molar-refractivity contribution < 1.29 is 9.84 Å². The fourth-order valence-electron chi connectivity index (χ4n) is 3.11. The van der Waals surface area contributed by atoms with E-state index in [0.717, 1.165) is 22.5 Å². The summed E-state index contributed by atoms with van der Waals surface area (Å²) < 4.78 is 6.03. The molecule has 0 fully saturated rings. The quantitative estimate of drug-likeness (QED) is 0.699. The number of aromatic nitrogens is 1. The van der Waals surface area contributed by atoms with Crippen molar-refractivity contribution in [3.63, 3.8) is 0 Å². The Hall–Kier alpha value is -2.14. The maximum Gasteiger partial charge on any atom is 0.129 e. The molecule has 0 radical (unpaired) electrons. The van der Waals surface area contributed by atoms with Crippen LogP contribution in [0.15, 0.2) is 71.9 Å². The Bertz CT molecular complexity index is 876. The number of rotatable bonds is 4. The van der Waals surface area contributed by atoms with E-state index >= 15 is 0 Å². The van der Waals surface area contributed by atoms with Crippen LogP contribution in [-0.4, -0.2) is 16.7 Å². The number of ether oxygens (including phenoxy) is 1. The molecule has 126 valence electrons. The van der Waals surface area contributed by atoms with Gasteiger partial charge in [0.2, 0.25) is 0 Å². The van der Waals surface area contributed by atoms with Crippen LogP contribution in [0.1, 0.15) is 28.0 Å². The van der Waals surface area contributed by atoms with E-state index in [9.17, 15) is 5.11 Å². The fraction of sp³-hybridized carbons (Fsp3) is 0.150. The molecular formula is C20H16ClNO2S. The van der Waals surface area contributed by atoms with Crippen molar-refractivity contribution in [1.29, 1.82) is 0 Å². The first-order chi connectivity index (χ1) is 12.2. The number of benzene rings is 1. The van der Waals surface area contributed by atoms with Gasteiger partial charge < -0.3 is 9.84 Å². The van der Waals surface area contributed by atoms with E-state index in [1.54, 1.807) is 23.7 Å². The van der Waals surface area contributed by atoms with Crippen LogP contribution in [0.3, 0.4) is 0 Å². The molecule has 2 unspecified atom stereocenters. The number of pyridine rings is 1. The first-order valence-electron chi connectivity index (χ1n) is 7.98. The van der Waals surface area contributed by atoms with Crippen LogP contribution >= 0.6 is 22.9 Å². The molecule has 5 heteroatoms. The Kier molecular flexibility index (Phi) is 4.57. The molecule has 2 atom stereocenters. The molecule has 1 aliphatic heterocycles. The summed E-state index contributed by atoms with van der Waals surface area (Å²) in [6, 6.07) is 15.3. The van der Waals surface area contributed by atoms with Crippen molar-refractivity contribution in [3.05, 3.63) is 92.9 Å². The van der Waals surface area contributed by atoms with E-state index in [-0.39, 0.29) is 5.92 Å². The first-order valence-corrected chi connectivity index (χ1v) is 9.24. The second kappa shape index (κ2) is 7.00. The second-order valence-electron chi connectivity index (χ2n) is 5.86. The zero-order valence-corrected chi connectivity index (χ0v) is 14.9. The van der Waals surface area contributed by atoms with Crippen LogP contribution in [0, 0.1) is 0 Å². The number of halogens is 1. The predicted octanol–water partition coefficient (Wildman–Crippen LogP) is 5.06. The van der Waals surface area contributed by atoms with Crippen LogP contribution in [0.25, 0.3) is 5.76 Å². The van der Waals surface area contributed by atoms with Crippen molar-refractivity contribution in [2.75, 3.05) is 6.61 Å². The summed E-state index contributed by atoms with van der Waals surface area (Å²) in [6.07, 6.45) is 2.63. The lowest BCUT2D eigenvalue weighted by Crippen LogP contribution is -2.09. The topological polar surface area (TPSA) is 42.4 Å². The summed E-state index contributed by atoms with van der Waals surface area (Å²) in [4.78, 5) is 5.32. The Morgan fingerprint density at radius 3 is 2.68 bits per heavy atom. The lowest BCUT2D eigenvalue weighted by Gasteiger charge is -2.18. The van der Waals surface area contributed by atoms with E-state index < -0.39 is 6.10 Å². The molecule has 0 amide bonds. The summed E-state index contributed by atoms with van der Waals surface area (Å²) in [5, 5.41) is 13.8. The minimum absolute atomic E-state index is 0.0286. The van der Waals surface area contributed by atoms with E-state index in [0.29, 0.717) is 11.6 Å². The molecule has 3 nitrogen and oxygen atoms in total. The van der Waals surface area contributed by atoms with E-state index in [1.807, 2.05) is 47.8 Å². The van der Waals surface area contributed by atoms with E-state index in [2.05, 4.69) is 11.1 Å². The third-order valence-corrected chi connectivity index (χ3v) is 5.56. The molecule has 1 aromatic carbocycles. The monoisotopic (exact) mass is 369 g/mol. The first kappa shape index (κ1) is 16.3. The van der Waals surface area contributed by atoms with Gasteiger partial charge in [-0.2, -0.15) is 0 Å². The molecule has 0 bridgehead atoms. The van der Waals surface area contributed by atoms with Crippen LogP contribution < -0.4 is 0 Å². The Balaban J connectivity index is 1.83. The lowest BCUT2D eigenvalue weighted by atomic mass is 9.89. The average molecular weight is 370 g/mol. The molecular weight excluding hydrogens is 354 g/mol. The SMILES string of the molecule is OC(C1=C(c2ccc(Cl)cc2)OCC1c1cccs1)c1cccnc1. The highest BCUT2D eigenvalue weighted by Crippen LogP contribution is 2.45. The number of nitrogens with zero attached hydrogens (tertiary/aromatic N) is 1. The number of hydrogen-bond acceptors (Lipinski definition) is 4. The molecule has 0 saturated heterocycles. The van der Waals surface area contributed by atoms with Crippen LogP contribution in [0.5, 0.6) is 0 Å². The van der Waals surface area contributed by atoms with Crippen molar-refractivity contribution in [1.82, 2.24) is 4.98 Å². The van der Waals surface area contributed by atoms with Gasteiger partial charge in [-0.3, -0.25) is 4.98 Å². The van der Waals surface area contributed by atoms with Gasteiger partial charge >= 0.3 is 0 Å². The van der Waals surface area contributed by atoms with Crippen LogP contribution in [0.2, 0.25) is 5.02 Å². The molecule has 25 heavy (non-hydrogen) atoms. The molecule has 3 aromatic rings. The van der Waals surface area contributed by atoms with Gasteiger partial charge in [0, 0.05) is 39.0 Å². The maximum absolute atomic E-state index is 11.1. The van der Waals surface area contributed by atoms with Gasteiger partial charge in [-0.25, -0.2) is 0 Å². The van der Waals surface area contributed by atoms with Gasteiger partial charge in [-0.1, -0.05) is 23.7 Å². The summed E-state index contributed by atoms with van der Waals surface area (Å²) >= 11 is 7.68. The summed E-state index contributed by atoms with van der Waals surface area (Å²) in [5.74, 6) is 0.757. The summed E-state index contributed by atoms with van der Waals surface area (Å²) in [6.45, 7) is 0.519. The highest BCUT2D eigenvalue weighted by Gasteiger charge is 2.35. The molecule has 1 aliphatic rings. The van der Waals surface area contributed by atoms with Crippen LogP contribution in [-0.2, 0) is 4.74 Å². The zero-order valence-electron chi connectivity index (χ0n) is 13.3. The highest BCUT2D eigenvalue weighted by molar-refractivity contribution is 7.10. The third-order valence-electron chi connectivity index (χ3n) is 4.32. The van der Waals surface area contributed by atoms with Gasteiger partial charge in [0.05, 0.1) is 12.5 Å². The van der Waals surface area contributed by atoms with Gasteiger partial charge in [0.25, 0.3) is 0 Å². The molecule has 4 rings (SSSR count). The third kappa shape index (κ3) is 3.21. The lowest BCUT2D eigenvalue weighted by molar-refractivity contribution is 0.209. The largest absolute Gasteiger partial charge is 0.492 e. The molecule has 0 spiro atoms. The van der Waals surface area contributed by atoms with Crippen molar-refractivity contribution in [2.45, 2.75) is 12.0 Å². The second-order valence-corrected chi connectivity index (χ2v) is 7.27. The normalized spacial score (nSPS) is 18.2. The van der Waals surface area contributed by atoms with Crippen molar-refractivity contribution in [3.8, 4) is 0 Å². The zero-order chi connectivity index (χ0) is 17.2. The standard InChI is InChI=1S/C20H16ClNO2S/c21-15-7-5-13(6-8-15)20-18(19(23)14-3-1-9-22-11-14)16(12-24-20)17-4-2-10-25-17/h1-11,16,19,23H,12H2. The summed E-state index contributed by atoms with van der Waals surface area (Å²) in [7, 11) is 0. The number of aliphatic hydroxyl groups is 1. The average Bonchev–Trinajstić information content (AvgIpc) is 3.32. The molecule has 3 heterocycles. The highest BCUT2D eigenvalue weighted by atomic mass is 35.5. The van der Waals surface area contributed by atoms with Crippen molar-refractivity contribution >= 4 is 28.7 Å². The Morgan fingerprint density at radius 1 is 1.16 bits per heavy atom. The molecule has 2 aromatic heterocycles. The Labute approximate surface area is 155 Å². The number of hydrogen-bond donors (Lipinski definition) is 1. The van der Waals surface area contributed by atoms with E-state index in [1.165, 1.54) is 4.88 Å². The minimum atomic E-state index is -0.769. The summed E-state index contributed by atoms with van der Waals surface area (Å²) in [5.41, 5.74) is 2.55. The van der Waals surface area contributed by atoms with Crippen LogP contribution in [0.4, 0.5) is 0 Å². The van der Waals surface area contributed by atoms with E-state index in [4.69, 9.17) is 16.3 Å².